The molecule has 1 aliphatic rings. The summed E-state index contributed by atoms with van der Waals surface area (Å²) in [6, 6.07) is 6.92. The summed E-state index contributed by atoms with van der Waals surface area (Å²) in [5.41, 5.74) is 1.00. The average Bonchev–Trinajstić information content (AvgIpc) is 2.77. The summed E-state index contributed by atoms with van der Waals surface area (Å²) >= 11 is 5.76. The first-order valence-electron chi connectivity index (χ1n) is 12.3. The summed E-state index contributed by atoms with van der Waals surface area (Å²) in [4.78, 5) is 20.4. The number of anilines is 1. The van der Waals surface area contributed by atoms with Gasteiger partial charge in [-0.05, 0) is 54.4 Å². The van der Waals surface area contributed by atoms with Gasteiger partial charge < -0.3 is 21.1 Å². The van der Waals surface area contributed by atoms with Gasteiger partial charge in [0, 0.05) is 30.9 Å². The molecule has 38 heavy (non-hydrogen) atoms. The van der Waals surface area contributed by atoms with Gasteiger partial charge in [-0.1, -0.05) is 58.4 Å². The molecule has 1 atom stereocenters. The third-order valence-electron chi connectivity index (χ3n) is 5.31. The van der Waals surface area contributed by atoms with E-state index >= 15 is 0 Å². The molecule has 6 nitrogen and oxygen atoms in total. The van der Waals surface area contributed by atoms with E-state index in [0.717, 1.165) is 12.1 Å². The van der Waals surface area contributed by atoms with Gasteiger partial charge in [0.25, 0.3) is 0 Å². The summed E-state index contributed by atoms with van der Waals surface area (Å²) in [5.74, 6) is -2.70. The zero-order chi connectivity index (χ0) is 29.1. The average molecular weight is 558 g/mol. The Morgan fingerprint density at radius 1 is 1.11 bits per heavy atom. The van der Waals surface area contributed by atoms with Gasteiger partial charge in [-0.15, -0.1) is 0 Å². The van der Waals surface area contributed by atoms with E-state index in [1.54, 1.807) is 19.1 Å². The minimum absolute atomic E-state index is 0.0532. The Balaban J connectivity index is 0.000000421. The second-order valence-electron chi connectivity index (χ2n) is 11.2. The standard InChI is InChI=1S/C17H16ClF3N2O.C6H11NO2.C5H12/c1-10(12-3-2-4-13(18)17(12)21)7-22-8-11-5-14(19)15(20)6-16(11)23-9-24;1-6(9)2-5(3-6)7-4-8;1-5(2,3)4/h2-6,9-10,22H,7-8H2,1H3,(H,23,24);4-5,9H,2-3H2,1H3,(H,7,8);1-4H3. The molecule has 0 heterocycles. The summed E-state index contributed by atoms with van der Waals surface area (Å²) in [6.07, 6.45) is 2.44. The van der Waals surface area contributed by atoms with E-state index in [2.05, 4.69) is 43.6 Å². The number of nitrogens with one attached hydrogen (secondary N) is 3. The lowest BCUT2D eigenvalue weighted by Gasteiger charge is -2.40. The number of hydrogen-bond acceptors (Lipinski definition) is 4. The van der Waals surface area contributed by atoms with Crippen LogP contribution in [-0.2, 0) is 16.1 Å². The number of amides is 2. The van der Waals surface area contributed by atoms with E-state index in [9.17, 15) is 22.8 Å². The van der Waals surface area contributed by atoms with Crippen LogP contribution in [0.4, 0.5) is 18.9 Å². The van der Waals surface area contributed by atoms with Crippen LogP contribution in [0.5, 0.6) is 0 Å². The highest BCUT2D eigenvalue weighted by Crippen LogP contribution is 2.30. The summed E-state index contributed by atoms with van der Waals surface area (Å²) < 4.78 is 40.6. The largest absolute Gasteiger partial charge is 0.390 e. The third kappa shape index (κ3) is 12.3. The quantitative estimate of drug-likeness (QED) is 0.288. The second-order valence-corrected chi connectivity index (χ2v) is 11.7. The predicted molar refractivity (Wildman–Crippen MR) is 146 cm³/mol. The Morgan fingerprint density at radius 3 is 2.21 bits per heavy atom. The number of benzene rings is 2. The minimum Gasteiger partial charge on any atom is -0.390 e. The molecule has 2 aromatic carbocycles. The van der Waals surface area contributed by atoms with Crippen LogP contribution in [-0.4, -0.2) is 36.1 Å². The molecule has 0 radical (unpaired) electrons. The summed E-state index contributed by atoms with van der Waals surface area (Å²) in [6.45, 7) is 12.9. The second kappa shape index (κ2) is 15.1. The van der Waals surface area contributed by atoms with Crippen LogP contribution < -0.4 is 16.0 Å². The van der Waals surface area contributed by atoms with Crippen LogP contribution in [0.25, 0.3) is 0 Å². The predicted octanol–water partition coefficient (Wildman–Crippen LogP) is 5.92. The molecular weight excluding hydrogens is 519 g/mol. The van der Waals surface area contributed by atoms with Gasteiger partial charge in [-0.3, -0.25) is 9.59 Å². The molecule has 1 saturated carbocycles. The van der Waals surface area contributed by atoms with Crippen LogP contribution in [0.3, 0.4) is 0 Å². The lowest BCUT2D eigenvalue weighted by molar-refractivity contribution is -0.113. The van der Waals surface area contributed by atoms with E-state index in [1.807, 2.05) is 6.92 Å². The lowest BCUT2D eigenvalue weighted by Crippen LogP contribution is -2.51. The zero-order valence-electron chi connectivity index (χ0n) is 22.8. The minimum atomic E-state index is -1.04. The van der Waals surface area contributed by atoms with Crippen LogP contribution in [0.1, 0.15) is 71.4 Å². The Hall–Kier alpha value is -2.62. The Bertz CT molecular complexity index is 1050. The fraction of sp³-hybridized carbons (Fsp3) is 0.500. The van der Waals surface area contributed by atoms with Gasteiger partial charge in [0.2, 0.25) is 12.8 Å². The van der Waals surface area contributed by atoms with Gasteiger partial charge >= 0.3 is 0 Å². The van der Waals surface area contributed by atoms with Crippen molar-refractivity contribution in [2.45, 2.75) is 78.5 Å². The molecule has 0 aromatic heterocycles. The molecule has 0 saturated heterocycles. The molecule has 1 aliphatic carbocycles. The first-order valence-corrected chi connectivity index (χ1v) is 12.7. The number of carbonyl (C=O) groups is 2. The molecule has 212 valence electrons. The van der Waals surface area contributed by atoms with Crippen LogP contribution in [0, 0.1) is 22.9 Å². The van der Waals surface area contributed by atoms with Crippen LogP contribution in [0.2, 0.25) is 5.02 Å². The molecule has 3 rings (SSSR count). The Kier molecular flexibility index (Phi) is 13.3. The van der Waals surface area contributed by atoms with E-state index in [-0.39, 0.29) is 29.2 Å². The highest BCUT2D eigenvalue weighted by atomic mass is 35.5. The first-order chi connectivity index (χ1) is 17.6. The maximum Gasteiger partial charge on any atom is 0.211 e. The number of carbonyl (C=O) groups excluding carboxylic acids is 2. The summed E-state index contributed by atoms with van der Waals surface area (Å²) in [7, 11) is 0. The van der Waals surface area contributed by atoms with Gasteiger partial charge in [0.1, 0.15) is 5.82 Å². The van der Waals surface area contributed by atoms with E-state index in [4.69, 9.17) is 16.7 Å². The zero-order valence-corrected chi connectivity index (χ0v) is 23.6. The maximum absolute atomic E-state index is 14.0. The molecule has 0 aliphatic heterocycles. The highest BCUT2D eigenvalue weighted by Gasteiger charge is 2.37. The van der Waals surface area contributed by atoms with E-state index < -0.39 is 23.1 Å². The van der Waals surface area contributed by atoms with Crippen molar-refractivity contribution in [2.24, 2.45) is 5.41 Å². The van der Waals surface area contributed by atoms with Gasteiger partial charge in [-0.25, -0.2) is 13.2 Å². The molecular formula is C28H39ClF3N3O3. The van der Waals surface area contributed by atoms with Gasteiger partial charge in [-0.2, -0.15) is 0 Å². The lowest BCUT2D eigenvalue weighted by atomic mass is 9.77. The Labute approximate surface area is 228 Å². The van der Waals surface area contributed by atoms with Crippen LogP contribution in [0.15, 0.2) is 30.3 Å². The van der Waals surface area contributed by atoms with Crippen molar-refractivity contribution >= 4 is 30.1 Å². The fourth-order valence-electron chi connectivity index (χ4n) is 3.58. The highest BCUT2D eigenvalue weighted by molar-refractivity contribution is 6.30. The maximum atomic E-state index is 14.0. The first kappa shape index (κ1) is 33.4. The summed E-state index contributed by atoms with van der Waals surface area (Å²) in [5, 5.41) is 17.2. The molecule has 2 aromatic rings. The van der Waals surface area contributed by atoms with Gasteiger partial charge in [0.05, 0.1) is 10.6 Å². The molecule has 4 N–H and O–H groups in total. The number of hydrogen-bond donors (Lipinski definition) is 4. The van der Waals surface area contributed by atoms with Crippen molar-refractivity contribution in [3.63, 3.8) is 0 Å². The molecule has 2 amide bonds. The van der Waals surface area contributed by atoms with Crippen LogP contribution >= 0.6 is 11.6 Å². The monoisotopic (exact) mass is 557 g/mol. The van der Waals surface area contributed by atoms with Crippen molar-refractivity contribution in [1.29, 1.82) is 0 Å². The number of halogens is 4. The smallest absolute Gasteiger partial charge is 0.211 e. The molecule has 1 unspecified atom stereocenters. The SMILES string of the molecule is CC(C)(C)C.CC(CNCc1cc(F)c(F)cc1NC=O)c1cccc(Cl)c1F.CC1(O)CC(NC=O)C1. The van der Waals surface area contributed by atoms with Gasteiger partial charge in [0.15, 0.2) is 11.6 Å². The van der Waals surface area contributed by atoms with Crippen molar-refractivity contribution in [2.75, 3.05) is 11.9 Å². The normalized spacial score (nSPS) is 19.0. The number of aliphatic hydroxyl groups is 1. The van der Waals surface area contributed by atoms with Crippen molar-refractivity contribution in [3.05, 3.63) is 63.9 Å². The van der Waals surface area contributed by atoms with Crippen molar-refractivity contribution in [3.8, 4) is 0 Å². The molecule has 10 heteroatoms. The van der Waals surface area contributed by atoms with Crippen molar-refractivity contribution in [1.82, 2.24) is 10.6 Å². The molecule has 0 spiro atoms. The third-order valence-corrected chi connectivity index (χ3v) is 5.61. The fourth-order valence-corrected chi connectivity index (χ4v) is 3.76. The topological polar surface area (TPSA) is 90.5 Å². The number of rotatable bonds is 9. The van der Waals surface area contributed by atoms with E-state index in [0.29, 0.717) is 48.7 Å². The van der Waals surface area contributed by atoms with Crippen molar-refractivity contribution < 1.29 is 27.9 Å². The van der Waals surface area contributed by atoms with E-state index in [1.165, 1.54) is 6.07 Å². The molecule has 0 bridgehead atoms. The molecule has 1 fully saturated rings. The Morgan fingerprint density at radius 2 is 1.68 bits per heavy atom.